The van der Waals surface area contributed by atoms with E-state index in [2.05, 4.69) is 21.1 Å². The van der Waals surface area contributed by atoms with E-state index < -0.39 is 0 Å². The van der Waals surface area contributed by atoms with Crippen molar-refractivity contribution in [3.63, 3.8) is 0 Å². The molecule has 1 saturated carbocycles. The molecule has 1 aliphatic heterocycles. The van der Waals surface area contributed by atoms with Gasteiger partial charge in [-0.25, -0.2) is 4.98 Å². The van der Waals surface area contributed by atoms with E-state index in [1.54, 1.807) is 0 Å². The number of nitrogens with zero attached hydrogens (tertiary/aromatic N) is 2. The van der Waals surface area contributed by atoms with Gasteiger partial charge in [-0.05, 0) is 38.1 Å². The lowest BCUT2D eigenvalue weighted by Crippen LogP contribution is -2.29. The highest BCUT2D eigenvalue weighted by molar-refractivity contribution is 5.08. The second-order valence-corrected chi connectivity index (χ2v) is 6.35. The molecule has 0 amide bonds. The second-order valence-electron chi connectivity index (χ2n) is 6.35. The van der Waals surface area contributed by atoms with Crippen molar-refractivity contribution in [3.05, 3.63) is 18.2 Å². The highest BCUT2D eigenvalue weighted by Crippen LogP contribution is 2.29. The summed E-state index contributed by atoms with van der Waals surface area (Å²) < 4.78 is 2.41. The van der Waals surface area contributed by atoms with Gasteiger partial charge < -0.3 is 9.88 Å². The molecule has 1 aliphatic carbocycles. The van der Waals surface area contributed by atoms with E-state index in [0.717, 1.165) is 12.5 Å². The first-order chi connectivity index (χ1) is 9.43. The van der Waals surface area contributed by atoms with Gasteiger partial charge in [-0.2, -0.15) is 0 Å². The Morgan fingerprint density at radius 1 is 1.21 bits per heavy atom. The Morgan fingerprint density at radius 2 is 2.11 bits per heavy atom. The Kier molecular flexibility index (Phi) is 4.54. The fourth-order valence-corrected chi connectivity index (χ4v) is 3.81. The summed E-state index contributed by atoms with van der Waals surface area (Å²) in [6, 6.07) is 0. The Bertz CT molecular complexity index is 373. The highest BCUT2D eigenvalue weighted by atomic mass is 15.1. The second kappa shape index (κ2) is 6.56. The average Bonchev–Trinajstić information content (AvgIpc) is 3.11. The summed E-state index contributed by atoms with van der Waals surface area (Å²) in [6.07, 6.45) is 15.4. The van der Waals surface area contributed by atoms with Crippen molar-refractivity contribution < 1.29 is 0 Å². The van der Waals surface area contributed by atoms with E-state index in [1.807, 2.05) is 6.33 Å². The van der Waals surface area contributed by atoms with Crippen LogP contribution < -0.4 is 5.32 Å². The van der Waals surface area contributed by atoms with Gasteiger partial charge in [0.1, 0.15) is 0 Å². The van der Waals surface area contributed by atoms with E-state index in [9.17, 15) is 0 Å². The van der Waals surface area contributed by atoms with Crippen molar-refractivity contribution in [1.29, 1.82) is 0 Å². The third kappa shape index (κ3) is 3.38. The van der Waals surface area contributed by atoms with Crippen LogP contribution in [0.3, 0.4) is 0 Å². The molecule has 3 heteroatoms. The maximum Gasteiger partial charge on any atom is 0.0948 e. The molecule has 2 fully saturated rings. The molecular formula is C16H27N3. The maximum atomic E-state index is 4.38. The van der Waals surface area contributed by atoms with E-state index >= 15 is 0 Å². The van der Waals surface area contributed by atoms with Gasteiger partial charge >= 0.3 is 0 Å². The summed E-state index contributed by atoms with van der Waals surface area (Å²) in [4.78, 5) is 4.38. The molecule has 0 aromatic carbocycles. The molecule has 3 rings (SSSR count). The SMILES string of the molecule is c1ncn(CCCC2CCCC2)c1C1CCCNC1. The van der Waals surface area contributed by atoms with Gasteiger partial charge in [-0.1, -0.05) is 25.7 Å². The zero-order valence-electron chi connectivity index (χ0n) is 12.0. The van der Waals surface area contributed by atoms with Crippen LogP contribution in [0, 0.1) is 5.92 Å². The van der Waals surface area contributed by atoms with E-state index in [-0.39, 0.29) is 0 Å². The normalized spacial score (nSPS) is 24.9. The summed E-state index contributed by atoms with van der Waals surface area (Å²) in [6.45, 7) is 3.49. The fraction of sp³-hybridized carbons (Fsp3) is 0.812. The number of piperidine rings is 1. The Morgan fingerprint density at radius 3 is 2.89 bits per heavy atom. The Hall–Kier alpha value is -0.830. The van der Waals surface area contributed by atoms with Crippen molar-refractivity contribution in [3.8, 4) is 0 Å². The number of nitrogens with one attached hydrogen (secondary N) is 1. The smallest absolute Gasteiger partial charge is 0.0948 e. The minimum absolute atomic E-state index is 0.683. The molecule has 2 heterocycles. The number of hydrogen-bond donors (Lipinski definition) is 1. The number of aryl methyl sites for hydroxylation is 1. The molecule has 0 spiro atoms. The minimum atomic E-state index is 0.683. The molecule has 0 radical (unpaired) electrons. The molecular weight excluding hydrogens is 234 g/mol. The molecule has 1 atom stereocenters. The number of imidazole rings is 1. The van der Waals surface area contributed by atoms with Crippen LogP contribution in [0.2, 0.25) is 0 Å². The third-order valence-corrected chi connectivity index (χ3v) is 4.95. The lowest BCUT2D eigenvalue weighted by molar-refractivity contribution is 0.423. The van der Waals surface area contributed by atoms with Crippen molar-refractivity contribution in [1.82, 2.24) is 14.9 Å². The predicted molar refractivity (Wildman–Crippen MR) is 78.3 cm³/mol. The highest BCUT2D eigenvalue weighted by Gasteiger charge is 2.19. The summed E-state index contributed by atoms with van der Waals surface area (Å²) in [5.74, 6) is 1.70. The summed E-state index contributed by atoms with van der Waals surface area (Å²) in [7, 11) is 0. The lowest BCUT2D eigenvalue weighted by atomic mass is 9.96. The van der Waals surface area contributed by atoms with Crippen LogP contribution in [-0.2, 0) is 6.54 Å². The zero-order chi connectivity index (χ0) is 12.9. The standard InChI is InChI=1S/C16H27N3/c1-2-6-14(5-1)7-4-10-19-13-18-12-16(19)15-8-3-9-17-11-15/h12-15,17H,1-11H2. The minimum Gasteiger partial charge on any atom is -0.334 e. The molecule has 3 nitrogen and oxygen atoms in total. The van der Waals surface area contributed by atoms with E-state index in [0.29, 0.717) is 5.92 Å². The molecule has 19 heavy (non-hydrogen) atoms. The van der Waals surface area contributed by atoms with E-state index in [4.69, 9.17) is 0 Å². The van der Waals surface area contributed by atoms with Gasteiger partial charge in [-0.3, -0.25) is 0 Å². The first-order valence-corrected chi connectivity index (χ1v) is 8.14. The van der Waals surface area contributed by atoms with Crippen molar-refractivity contribution in [2.24, 2.45) is 5.92 Å². The number of aromatic nitrogens is 2. The van der Waals surface area contributed by atoms with E-state index in [1.165, 1.54) is 70.2 Å². The first-order valence-electron chi connectivity index (χ1n) is 8.14. The van der Waals surface area contributed by atoms with Gasteiger partial charge in [0.15, 0.2) is 0 Å². The van der Waals surface area contributed by atoms with Gasteiger partial charge in [-0.15, -0.1) is 0 Å². The first kappa shape index (κ1) is 13.2. The van der Waals surface area contributed by atoms with Gasteiger partial charge in [0.25, 0.3) is 0 Å². The van der Waals surface area contributed by atoms with Crippen molar-refractivity contribution in [2.75, 3.05) is 13.1 Å². The number of hydrogen-bond acceptors (Lipinski definition) is 2. The average molecular weight is 261 g/mol. The number of rotatable bonds is 5. The van der Waals surface area contributed by atoms with Crippen LogP contribution in [0.15, 0.2) is 12.5 Å². The van der Waals surface area contributed by atoms with Crippen molar-refractivity contribution >= 4 is 0 Å². The fourth-order valence-electron chi connectivity index (χ4n) is 3.81. The summed E-state index contributed by atoms with van der Waals surface area (Å²) >= 11 is 0. The predicted octanol–water partition coefficient (Wildman–Crippen LogP) is 3.32. The molecule has 1 unspecified atom stereocenters. The van der Waals surface area contributed by atoms with Crippen LogP contribution in [-0.4, -0.2) is 22.6 Å². The zero-order valence-corrected chi connectivity index (χ0v) is 12.0. The molecule has 1 saturated heterocycles. The molecule has 106 valence electrons. The monoisotopic (exact) mass is 261 g/mol. The third-order valence-electron chi connectivity index (χ3n) is 4.95. The van der Waals surface area contributed by atoms with Crippen molar-refractivity contribution in [2.45, 2.75) is 63.8 Å². The topological polar surface area (TPSA) is 29.9 Å². The quantitative estimate of drug-likeness (QED) is 0.881. The maximum absolute atomic E-state index is 4.38. The molecule has 1 aromatic heterocycles. The van der Waals surface area contributed by atoms with Gasteiger partial charge in [0, 0.05) is 30.9 Å². The molecule has 2 aliphatic rings. The van der Waals surface area contributed by atoms with Gasteiger partial charge in [0.05, 0.1) is 6.33 Å². The molecule has 1 aromatic rings. The molecule has 1 N–H and O–H groups in total. The van der Waals surface area contributed by atoms with Crippen LogP contribution in [0.25, 0.3) is 0 Å². The lowest BCUT2D eigenvalue weighted by Gasteiger charge is -2.24. The van der Waals surface area contributed by atoms with Crippen LogP contribution in [0.1, 0.15) is 63.0 Å². The van der Waals surface area contributed by atoms with Crippen LogP contribution in [0.5, 0.6) is 0 Å². The van der Waals surface area contributed by atoms with Crippen LogP contribution >= 0.6 is 0 Å². The largest absolute Gasteiger partial charge is 0.334 e. The van der Waals surface area contributed by atoms with Crippen LogP contribution in [0.4, 0.5) is 0 Å². The summed E-state index contributed by atoms with van der Waals surface area (Å²) in [5.41, 5.74) is 1.46. The Balaban J connectivity index is 1.51. The molecule has 0 bridgehead atoms. The summed E-state index contributed by atoms with van der Waals surface area (Å²) in [5, 5.41) is 3.51. The van der Waals surface area contributed by atoms with Gasteiger partial charge in [0.2, 0.25) is 0 Å². The Labute approximate surface area is 116 Å².